The molecule has 0 aliphatic heterocycles. The first kappa shape index (κ1) is 12.4. The predicted octanol–water partition coefficient (Wildman–Crippen LogP) is 0.814. The van der Waals surface area contributed by atoms with Crippen LogP contribution in [0.1, 0.15) is 5.56 Å². The largest absolute Gasteiger partial charge is 0.326 e. The van der Waals surface area contributed by atoms with Gasteiger partial charge in [-0.25, -0.2) is 0 Å². The molecule has 0 aromatic heterocycles. The van der Waals surface area contributed by atoms with Crippen molar-refractivity contribution < 1.29 is 13.0 Å². The van der Waals surface area contributed by atoms with Crippen LogP contribution in [0.2, 0.25) is 0 Å². The second-order valence-electron chi connectivity index (χ2n) is 2.32. The lowest BCUT2D eigenvalue weighted by Gasteiger charge is -1.98. The predicted molar refractivity (Wildman–Crippen MR) is 51.4 cm³/mol. The maximum atomic E-state index is 10.6. The Kier molecular flexibility index (Phi) is 4.35. The summed E-state index contributed by atoms with van der Waals surface area (Å²) in [5, 5.41) is 0. The zero-order chi connectivity index (χ0) is 9.19. The Bertz CT molecular complexity index is 360. The van der Waals surface area contributed by atoms with Crippen LogP contribution in [0.15, 0.2) is 29.2 Å². The van der Waals surface area contributed by atoms with E-state index in [1.165, 1.54) is 12.1 Å². The summed E-state index contributed by atoms with van der Waals surface area (Å²) in [5.74, 6) is 0. The minimum Gasteiger partial charge on any atom is -0.326 e. The fourth-order valence-corrected chi connectivity index (χ4v) is 1.28. The Morgan fingerprint density at radius 1 is 1.23 bits per heavy atom. The highest BCUT2D eigenvalue weighted by Crippen LogP contribution is 2.09. The van der Waals surface area contributed by atoms with E-state index >= 15 is 0 Å². The average molecular weight is 224 g/mol. The van der Waals surface area contributed by atoms with Gasteiger partial charge in [-0.15, -0.1) is 12.4 Å². The van der Waals surface area contributed by atoms with E-state index in [1.807, 2.05) is 0 Å². The van der Waals surface area contributed by atoms with Gasteiger partial charge in [0.15, 0.2) is 0 Å². The molecule has 13 heavy (non-hydrogen) atoms. The molecule has 6 heteroatoms. The minimum atomic E-state index is -4.07. The molecular weight excluding hydrogens is 214 g/mol. The van der Waals surface area contributed by atoms with Gasteiger partial charge in [0.1, 0.15) is 0 Å². The van der Waals surface area contributed by atoms with Crippen LogP contribution in [-0.2, 0) is 16.7 Å². The van der Waals surface area contributed by atoms with Gasteiger partial charge in [-0.05, 0) is 17.7 Å². The third-order valence-corrected chi connectivity index (χ3v) is 2.32. The lowest BCUT2D eigenvalue weighted by Crippen LogP contribution is -2.00. The number of rotatable bonds is 2. The molecule has 0 aliphatic carbocycles. The molecule has 0 amide bonds. The van der Waals surface area contributed by atoms with Gasteiger partial charge in [0.2, 0.25) is 0 Å². The van der Waals surface area contributed by atoms with Gasteiger partial charge in [0, 0.05) is 6.54 Å². The fourth-order valence-electron chi connectivity index (χ4n) is 0.798. The molecule has 1 rings (SSSR count). The standard InChI is InChI=1S/C7H9NO3S.ClH/c8-5-6-1-3-7(4-2-6)12(9,10)11;/h1-4H,5,8H2,(H,9,10,11);1H. The number of nitrogens with two attached hydrogens (primary N) is 1. The van der Waals surface area contributed by atoms with Crippen molar-refractivity contribution in [2.45, 2.75) is 11.4 Å². The van der Waals surface area contributed by atoms with Crippen molar-refractivity contribution in [2.24, 2.45) is 5.73 Å². The molecule has 0 fully saturated rings. The summed E-state index contributed by atoms with van der Waals surface area (Å²) in [5.41, 5.74) is 6.12. The highest BCUT2D eigenvalue weighted by Gasteiger charge is 2.07. The minimum absolute atomic E-state index is 0. The molecule has 1 aromatic carbocycles. The number of halogens is 1. The number of hydrogen-bond acceptors (Lipinski definition) is 3. The SMILES string of the molecule is Cl.NCc1ccc(S(=O)(=O)O)cc1. The van der Waals surface area contributed by atoms with Crippen molar-refractivity contribution in [3.05, 3.63) is 29.8 Å². The van der Waals surface area contributed by atoms with Gasteiger partial charge in [-0.3, -0.25) is 4.55 Å². The van der Waals surface area contributed by atoms with Crippen molar-refractivity contribution >= 4 is 22.5 Å². The zero-order valence-electron chi connectivity index (χ0n) is 6.67. The lowest BCUT2D eigenvalue weighted by atomic mass is 10.2. The molecule has 0 spiro atoms. The molecule has 0 atom stereocenters. The first-order valence-corrected chi connectivity index (χ1v) is 4.74. The summed E-state index contributed by atoms with van der Waals surface area (Å²) in [6.07, 6.45) is 0. The summed E-state index contributed by atoms with van der Waals surface area (Å²) in [6.45, 7) is 0.353. The van der Waals surface area contributed by atoms with Crippen LogP contribution in [0.25, 0.3) is 0 Å². The van der Waals surface area contributed by atoms with E-state index in [9.17, 15) is 8.42 Å². The molecule has 0 bridgehead atoms. The van der Waals surface area contributed by atoms with E-state index in [-0.39, 0.29) is 17.3 Å². The van der Waals surface area contributed by atoms with E-state index < -0.39 is 10.1 Å². The summed E-state index contributed by atoms with van der Waals surface area (Å²) in [4.78, 5) is -0.111. The molecule has 74 valence electrons. The highest BCUT2D eigenvalue weighted by molar-refractivity contribution is 7.85. The fraction of sp³-hybridized carbons (Fsp3) is 0.143. The summed E-state index contributed by atoms with van der Waals surface area (Å²) in [7, 11) is -4.07. The smallest absolute Gasteiger partial charge is 0.294 e. The Morgan fingerprint density at radius 3 is 2.00 bits per heavy atom. The molecule has 0 unspecified atom stereocenters. The second kappa shape index (κ2) is 4.57. The molecule has 0 aliphatic rings. The van der Waals surface area contributed by atoms with Crippen LogP contribution < -0.4 is 5.73 Å². The Labute approximate surface area is 82.9 Å². The molecule has 0 heterocycles. The third kappa shape index (κ3) is 3.31. The van der Waals surface area contributed by atoms with Crippen molar-refractivity contribution in [2.75, 3.05) is 0 Å². The lowest BCUT2D eigenvalue weighted by molar-refractivity contribution is 0.483. The van der Waals surface area contributed by atoms with Crippen LogP contribution >= 0.6 is 12.4 Å². The second-order valence-corrected chi connectivity index (χ2v) is 3.74. The van der Waals surface area contributed by atoms with Gasteiger partial charge in [-0.2, -0.15) is 8.42 Å². The van der Waals surface area contributed by atoms with E-state index in [4.69, 9.17) is 10.3 Å². The topological polar surface area (TPSA) is 80.4 Å². The van der Waals surface area contributed by atoms with E-state index in [2.05, 4.69) is 0 Å². The summed E-state index contributed by atoms with van der Waals surface area (Å²) < 4.78 is 29.7. The first-order valence-electron chi connectivity index (χ1n) is 3.30. The van der Waals surface area contributed by atoms with E-state index in [0.29, 0.717) is 6.54 Å². The Morgan fingerprint density at radius 2 is 1.69 bits per heavy atom. The van der Waals surface area contributed by atoms with Crippen LogP contribution in [0.3, 0.4) is 0 Å². The molecule has 0 radical (unpaired) electrons. The highest BCUT2D eigenvalue weighted by atomic mass is 35.5. The normalized spacial score (nSPS) is 10.6. The summed E-state index contributed by atoms with van der Waals surface area (Å²) in [6, 6.07) is 5.75. The first-order chi connectivity index (χ1) is 5.54. The van der Waals surface area contributed by atoms with Crippen LogP contribution in [0, 0.1) is 0 Å². The number of hydrogen-bond donors (Lipinski definition) is 2. The van der Waals surface area contributed by atoms with Crippen LogP contribution in [0.5, 0.6) is 0 Å². The molecule has 0 saturated carbocycles. The van der Waals surface area contributed by atoms with Gasteiger partial charge in [-0.1, -0.05) is 12.1 Å². The van der Waals surface area contributed by atoms with E-state index in [1.54, 1.807) is 12.1 Å². The number of benzene rings is 1. The monoisotopic (exact) mass is 223 g/mol. The average Bonchev–Trinajstić information content (AvgIpc) is 2.03. The van der Waals surface area contributed by atoms with Gasteiger partial charge in [0.05, 0.1) is 4.90 Å². The quantitative estimate of drug-likeness (QED) is 0.728. The maximum Gasteiger partial charge on any atom is 0.294 e. The molecule has 4 nitrogen and oxygen atoms in total. The van der Waals surface area contributed by atoms with Gasteiger partial charge < -0.3 is 5.73 Å². The van der Waals surface area contributed by atoms with Gasteiger partial charge in [0.25, 0.3) is 10.1 Å². The van der Waals surface area contributed by atoms with Crippen LogP contribution in [-0.4, -0.2) is 13.0 Å². The Hall–Kier alpha value is -0.620. The zero-order valence-corrected chi connectivity index (χ0v) is 8.31. The van der Waals surface area contributed by atoms with Crippen molar-refractivity contribution in [3.63, 3.8) is 0 Å². The maximum absolute atomic E-state index is 10.6. The molecule has 0 saturated heterocycles. The van der Waals surface area contributed by atoms with Crippen LogP contribution in [0.4, 0.5) is 0 Å². The van der Waals surface area contributed by atoms with E-state index in [0.717, 1.165) is 5.56 Å². The molecule has 1 aromatic rings. The summed E-state index contributed by atoms with van der Waals surface area (Å²) >= 11 is 0. The Balaban J connectivity index is 0.00000144. The molecular formula is C7H10ClNO3S. The van der Waals surface area contributed by atoms with Crippen molar-refractivity contribution in [1.82, 2.24) is 0 Å². The van der Waals surface area contributed by atoms with Crippen molar-refractivity contribution in [3.8, 4) is 0 Å². The third-order valence-electron chi connectivity index (χ3n) is 1.46. The molecule has 3 N–H and O–H groups in total. The van der Waals surface area contributed by atoms with Gasteiger partial charge >= 0.3 is 0 Å². The van der Waals surface area contributed by atoms with Crippen molar-refractivity contribution in [1.29, 1.82) is 0 Å².